The fourth-order valence-corrected chi connectivity index (χ4v) is 1.13. The minimum Gasteiger partial charge on any atom is -0.468 e. The van der Waals surface area contributed by atoms with E-state index in [4.69, 9.17) is 2.74 Å². The van der Waals surface area contributed by atoms with Crippen LogP contribution in [0.3, 0.4) is 0 Å². The van der Waals surface area contributed by atoms with Gasteiger partial charge in [0.25, 0.3) is 0 Å². The summed E-state index contributed by atoms with van der Waals surface area (Å²) >= 11 is 0. The monoisotopic (exact) mass is 210 g/mol. The topological polar surface area (TPSA) is 52.6 Å². The standard InChI is InChI=1S/C11H12O4/c1-5-7-11(8-6-2,9(12)14-3)10(13)15-4/h1-2H,7-8H2,3-4H3/i1D,2D. The van der Waals surface area contributed by atoms with Crippen LogP contribution in [0.4, 0.5) is 0 Å². The van der Waals surface area contributed by atoms with Crippen molar-refractivity contribution in [1.29, 1.82) is 0 Å². The molecule has 4 nitrogen and oxygen atoms in total. The van der Waals surface area contributed by atoms with Crippen LogP contribution in [0.15, 0.2) is 0 Å². The molecule has 0 aromatic carbocycles. The second kappa shape index (κ2) is 5.72. The normalized spacial score (nSPS) is 10.5. The van der Waals surface area contributed by atoms with Gasteiger partial charge in [0.2, 0.25) is 0 Å². The lowest BCUT2D eigenvalue weighted by atomic mass is 9.81. The fourth-order valence-electron chi connectivity index (χ4n) is 1.13. The number of methoxy groups -OCH3 is 2. The van der Waals surface area contributed by atoms with Crippen molar-refractivity contribution >= 4 is 11.9 Å². The maximum Gasteiger partial charge on any atom is 0.325 e. The molecule has 4 heteroatoms. The Morgan fingerprint density at radius 2 is 1.60 bits per heavy atom. The number of ether oxygens (including phenoxy) is 2. The average molecular weight is 210 g/mol. The fraction of sp³-hybridized carbons (Fsp3) is 0.455. The zero-order valence-corrected chi connectivity index (χ0v) is 8.55. The van der Waals surface area contributed by atoms with Crippen LogP contribution in [0.2, 0.25) is 0 Å². The molecule has 0 N–H and O–H groups in total. The molecule has 0 amide bonds. The van der Waals surface area contributed by atoms with Crippen LogP contribution in [0, 0.1) is 30.1 Å². The van der Waals surface area contributed by atoms with Crippen molar-refractivity contribution in [3.8, 4) is 24.6 Å². The first-order chi connectivity index (χ1) is 8.08. The number of terminal acetylenes is 2. The summed E-state index contributed by atoms with van der Waals surface area (Å²) in [5.74, 6) is 2.95. The van der Waals surface area contributed by atoms with Gasteiger partial charge in [-0.3, -0.25) is 9.59 Å². The molecule has 0 rings (SSSR count). The highest BCUT2D eigenvalue weighted by Crippen LogP contribution is 2.29. The molecule has 0 aliphatic heterocycles. The van der Waals surface area contributed by atoms with E-state index in [0.717, 1.165) is 14.2 Å². The molecule has 0 heterocycles. The Morgan fingerprint density at radius 1 is 1.20 bits per heavy atom. The quantitative estimate of drug-likeness (QED) is 0.382. The van der Waals surface area contributed by atoms with E-state index >= 15 is 0 Å². The molecule has 0 saturated carbocycles. The van der Waals surface area contributed by atoms with E-state index in [0.29, 0.717) is 0 Å². The predicted molar refractivity (Wildman–Crippen MR) is 53.4 cm³/mol. The Labute approximate surface area is 91.7 Å². The Kier molecular flexibility index (Phi) is 3.66. The molecule has 0 aliphatic carbocycles. The van der Waals surface area contributed by atoms with Crippen LogP contribution in [-0.2, 0) is 19.1 Å². The number of esters is 2. The Morgan fingerprint density at radius 3 is 1.87 bits per heavy atom. The van der Waals surface area contributed by atoms with Gasteiger partial charge in [0, 0.05) is 12.8 Å². The summed E-state index contributed by atoms with van der Waals surface area (Å²) in [4.78, 5) is 23.3. The van der Waals surface area contributed by atoms with Crippen LogP contribution < -0.4 is 0 Å². The van der Waals surface area contributed by atoms with E-state index in [1.807, 2.05) is 12.8 Å². The van der Waals surface area contributed by atoms with Crippen LogP contribution in [0.1, 0.15) is 15.6 Å². The summed E-state index contributed by atoms with van der Waals surface area (Å²) in [7, 11) is 2.25. The summed E-state index contributed by atoms with van der Waals surface area (Å²) < 4.78 is 22.5. The van der Waals surface area contributed by atoms with Crippen LogP contribution in [0.25, 0.3) is 0 Å². The van der Waals surface area contributed by atoms with Gasteiger partial charge in [-0.15, -0.1) is 24.6 Å². The molecule has 0 saturated heterocycles. The van der Waals surface area contributed by atoms with Crippen molar-refractivity contribution in [1.82, 2.24) is 0 Å². The summed E-state index contributed by atoms with van der Waals surface area (Å²) in [6, 6.07) is 0. The van der Waals surface area contributed by atoms with Gasteiger partial charge >= 0.3 is 11.9 Å². The van der Waals surface area contributed by atoms with Crippen molar-refractivity contribution in [2.45, 2.75) is 12.8 Å². The number of carbonyl (C=O) groups is 2. The SMILES string of the molecule is [2H]C#CCC(CC#C[2H])(C(=O)OC)C(=O)OC. The highest BCUT2D eigenvalue weighted by molar-refractivity contribution is 6.00. The van der Waals surface area contributed by atoms with Crippen LogP contribution in [0.5, 0.6) is 0 Å². The molecule has 0 atom stereocenters. The average Bonchev–Trinajstić information content (AvgIpc) is 2.37. The first-order valence-electron chi connectivity index (χ1n) is 5.05. The van der Waals surface area contributed by atoms with Crippen molar-refractivity contribution in [3.63, 3.8) is 0 Å². The Hall–Kier alpha value is -1.94. The van der Waals surface area contributed by atoms with E-state index < -0.39 is 17.4 Å². The Balaban J connectivity index is 5.44. The van der Waals surface area contributed by atoms with Gasteiger partial charge in [-0.05, 0) is 0 Å². The lowest BCUT2D eigenvalue weighted by Gasteiger charge is -2.23. The van der Waals surface area contributed by atoms with Gasteiger partial charge in [-0.2, -0.15) is 0 Å². The maximum atomic E-state index is 11.7. The van der Waals surface area contributed by atoms with Crippen molar-refractivity contribution < 1.29 is 21.8 Å². The zero-order valence-electron chi connectivity index (χ0n) is 10.5. The molecule has 0 radical (unpaired) electrons. The molecular formula is C11H12O4. The molecule has 0 fully saturated rings. The van der Waals surface area contributed by atoms with Gasteiger partial charge in [0.05, 0.1) is 14.2 Å². The van der Waals surface area contributed by atoms with Crippen molar-refractivity contribution in [2.24, 2.45) is 5.41 Å². The third kappa shape index (κ3) is 2.51. The number of rotatable bonds is 4. The summed E-state index contributed by atoms with van der Waals surface area (Å²) in [6.07, 6.45) is 3.23. The lowest BCUT2D eigenvalue weighted by molar-refractivity contribution is -0.168. The molecule has 0 aromatic heterocycles. The third-order valence-electron chi connectivity index (χ3n) is 1.93. The first kappa shape index (κ1) is 9.61. The van der Waals surface area contributed by atoms with Crippen LogP contribution >= 0.6 is 0 Å². The molecule has 0 aliphatic rings. The zero-order chi connectivity index (χ0) is 13.3. The third-order valence-corrected chi connectivity index (χ3v) is 1.93. The van der Waals surface area contributed by atoms with Gasteiger partial charge in [0.15, 0.2) is 5.41 Å². The van der Waals surface area contributed by atoms with E-state index in [1.165, 1.54) is 0 Å². The van der Waals surface area contributed by atoms with E-state index in [-0.39, 0.29) is 12.8 Å². The highest BCUT2D eigenvalue weighted by atomic mass is 16.5. The van der Waals surface area contributed by atoms with E-state index in [1.54, 1.807) is 0 Å². The van der Waals surface area contributed by atoms with E-state index in [2.05, 4.69) is 21.3 Å². The van der Waals surface area contributed by atoms with Gasteiger partial charge in [-0.25, -0.2) is 0 Å². The number of hydrogen-bond donors (Lipinski definition) is 0. The van der Waals surface area contributed by atoms with Gasteiger partial charge in [-0.1, -0.05) is 0 Å². The summed E-state index contributed by atoms with van der Waals surface area (Å²) in [6.45, 7) is 0. The van der Waals surface area contributed by atoms with Gasteiger partial charge < -0.3 is 9.47 Å². The molecule has 0 unspecified atom stereocenters. The second-order valence-electron chi connectivity index (χ2n) is 2.77. The van der Waals surface area contributed by atoms with Crippen molar-refractivity contribution in [2.75, 3.05) is 14.2 Å². The summed E-state index contributed by atoms with van der Waals surface area (Å²) in [5.41, 5.74) is -1.69. The largest absolute Gasteiger partial charge is 0.468 e. The van der Waals surface area contributed by atoms with Gasteiger partial charge in [0.1, 0.15) is 2.74 Å². The molecule has 15 heavy (non-hydrogen) atoms. The molecular weight excluding hydrogens is 196 g/mol. The second-order valence-corrected chi connectivity index (χ2v) is 2.77. The molecule has 0 spiro atoms. The predicted octanol–water partition coefficient (Wildman–Crippen LogP) is 0.365. The molecule has 0 aromatic rings. The smallest absolute Gasteiger partial charge is 0.325 e. The first-order valence-corrected chi connectivity index (χ1v) is 4.05. The highest BCUT2D eigenvalue weighted by Gasteiger charge is 2.47. The summed E-state index contributed by atoms with van der Waals surface area (Å²) in [5, 5.41) is 0. The van der Waals surface area contributed by atoms with Crippen molar-refractivity contribution in [3.05, 3.63) is 0 Å². The lowest BCUT2D eigenvalue weighted by Crippen LogP contribution is -2.40. The Bertz CT molecular complexity index is 369. The van der Waals surface area contributed by atoms with Crippen LogP contribution in [-0.4, -0.2) is 26.2 Å². The minimum atomic E-state index is -1.69. The minimum absolute atomic E-state index is 0.232. The maximum absolute atomic E-state index is 11.7. The molecule has 80 valence electrons. The molecule has 0 bridgehead atoms. The number of carbonyl (C=O) groups excluding carboxylic acids is 2. The number of hydrogen-bond acceptors (Lipinski definition) is 4. The van der Waals surface area contributed by atoms with E-state index in [9.17, 15) is 9.59 Å².